The van der Waals surface area contributed by atoms with E-state index in [0.717, 1.165) is 0 Å². The van der Waals surface area contributed by atoms with Crippen LogP contribution in [0, 0.1) is 0 Å². The van der Waals surface area contributed by atoms with Crippen molar-refractivity contribution in [1.29, 1.82) is 0 Å². The largest absolute Gasteiger partial charge is 0.489 e. The third kappa shape index (κ3) is 3.68. The van der Waals surface area contributed by atoms with Crippen LogP contribution < -0.4 is 10.1 Å². The summed E-state index contributed by atoms with van der Waals surface area (Å²) in [5.74, 6) is 0.556. The molecule has 0 bridgehead atoms. The number of carbonyl (C=O) groups excluding carboxylic acids is 1. The van der Waals surface area contributed by atoms with Gasteiger partial charge in [-0.1, -0.05) is 24.8 Å². The summed E-state index contributed by atoms with van der Waals surface area (Å²) in [6.07, 6.45) is 3.32. The summed E-state index contributed by atoms with van der Waals surface area (Å²) in [6.45, 7) is 4.49. The molecular formula is C16H16N2O2. The number of nitrogens with zero attached hydrogens (tertiary/aromatic N) is 1. The molecule has 1 aromatic heterocycles. The van der Waals surface area contributed by atoms with Crippen LogP contribution in [0.2, 0.25) is 0 Å². The first-order chi connectivity index (χ1) is 9.81. The van der Waals surface area contributed by atoms with Crippen LogP contribution in [0.25, 0.3) is 6.08 Å². The van der Waals surface area contributed by atoms with E-state index in [1.54, 1.807) is 30.5 Å². The summed E-state index contributed by atoms with van der Waals surface area (Å²) in [6, 6.07) is 12.7. The van der Waals surface area contributed by atoms with Gasteiger partial charge in [0, 0.05) is 11.8 Å². The number of ether oxygens (including phenoxy) is 1. The maximum absolute atomic E-state index is 11.8. The zero-order valence-electron chi connectivity index (χ0n) is 11.1. The minimum atomic E-state index is -0.107. The monoisotopic (exact) mass is 268 g/mol. The van der Waals surface area contributed by atoms with Crippen molar-refractivity contribution in [2.45, 2.75) is 0 Å². The first-order valence-electron chi connectivity index (χ1n) is 6.35. The van der Waals surface area contributed by atoms with Crippen molar-refractivity contribution in [2.75, 3.05) is 13.2 Å². The second kappa shape index (κ2) is 7.09. The third-order valence-electron chi connectivity index (χ3n) is 2.67. The smallest absolute Gasteiger partial charge is 0.251 e. The molecule has 102 valence electrons. The van der Waals surface area contributed by atoms with Crippen molar-refractivity contribution in [3.05, 3.63) is 66.5 Å². The zero-order valence-corrected chi connectivity index (χ0v) is 11.1. The molecule has 4 heteroatoms. The van der Waals surface area contributed by atoms with Gasteiger partial charge in [0.2, 0.25) is 0 Å². The Morgan fingerprint density at radius 1 is 1.25 bits per heavy atom. The Morgan fingerprint density at radius 2 is 2.05 bits per heavy atom. The number of hydrogen-bond donors (Lipinski definition) is 1. The highest BCUT2D eigenvalue weighted by molar-refractivity contribution is 5.94. The Hall–Kier alpha value is -2.62. The Kier molecular flexibility index (Phi) is 4.89. The molecule has 0 radical (unpaired) electrons. The van der Waals surface area contributed by atoms with Gasteiger partial charge in [-0.05, 0) is 30.3 Å². The second-order valence-electron chi connectivity index (χ2n) is 4.06. The predicted octanol–water partition coefficient (Wildman–Crippen LogP) is 2.53. The quantitative estimate of drug-likeness (QED) is 0.819. The van der Waals surface area contributed by atoms with E-state index in [1.807, 2.05) is 24.3 Å². The number of carbonyl (C=O) groups is 1. The molecule has 0 unspecified atom stereocenters. The van der Waals surface area contributed by atoms with Gasteiger partial charge in [0.25, 0.3) is 5.91 Å². The molecule has 0 aliphatic heterocycles. The summed E-state index contributed by atoms with van der Waals surface area (Å²) < 4.78 is 5.57. The van der Waals surface area contributed by atoms with Gasteiger partial charge in [-0.2, -0.15) is 0 Å². The predicted molar refractivity (Wildman–Crippen MR) is 78.6 cm³/mol. The summed E-state index contributed by atoms with van der Waals surface area (Å²) >= 11 is 0. The van der Waals surface area contributed by atoms with Crippen LogP contribution in [0.4, 0.5) is 0 Å². The maximum atomic E-state index is 11.8. The van der Waals surface area contributed by atoms with Gasteiger partial charge in [0.1, 0.15) is 18.1 Å². The highest BCUT2D eigenvalue weighted by atomic mass is 16.5. The van der Waals surface area contributed by atoms with Gasteiger partial charge >= 0.3 is 0 Å². The standard InChI is InChI=1S/C16H16N2O2/c1-2-14-15(9-6-10-17-14)20-12-11-18-16(19)13-7-4-3-5-8-13/h2-10H,1,11-12H2,(H,18,19). The Morgan fingerprint density at radius 3 is 2.80 bits per heavy atom. The van der Waals surface area contributed by atoms with Crippen LogP contribution in [-0.4, -0.2) is 24.0 Å². The van der Waals surface area contributed by atoms with Gasteiger partial charge in [-0.3, -0.25) is 9.78 Å². The molecule has 2 aromatic rings. The van der Waals surface area contributed by atoms with E-state index in [9.17, 15) is 4.79 Å². The fourth-order valence-corrected chi connectivity index (χ4v) is 1.70. The minimum Gasteiger partial charge on any atom is -0.489 e. The van der Waals surface area contributed by atoms with E-state index < -0.39 is 0 Å². The van der Waals surface area contributed by atoms with E-state index in [0.29, 0.717) is 30.2 Å². The summed E-state index contributed by atoms with van der Waals surface area (Å²) in [5.41, 5.74) is 1.34. The zero-order chi connectivity index (χ0) is 14.2. The molecule has 0 aliphatic rings. The third-order valence-corrected chi connectivity index (χ3v) is 2.67. The lowest BCUT2D eigenvalue weighted by atomic mass is 10.2. The number of hydrogen-bond acceptors (Lipinski definition) is 3. The summed E-state index contributed by atoms with van der Waals surface area (Å²) in [5, 5.41) is 2.80. The summed E-state index contributed by atoms with van der Waals surface area (Å²) in [4.78, 5) is 15.9. The molecule has 0 saturated carbocycles. The maximum Gasteiger partial charge on any atom is 0.251 e. The van der Waals surface area contributed by atoms with Crippen LogP contribution in [0.5, 0.6) is 5.75 Å². The van der Waals surface area contributed by atoms with Gasteiger partial charge in [0.15, 0.2) is 0 Å². The lowest BCUT2D eigenvalue weighted by Gasteiger charge is -2.09. The van der Waals surface area contributed by atoms with Gasteiger partial charge in [0.05, 0.1) is 6.54 Å². The van der Waals surface area contributed by atoms with Crippen molar-refractivity contribution in [3.8, 4) is 5.75 Å². The first kappa shape index (κ1) is 13.8. The SMILES string of the molecule is C=Cc1ncccc1OCCNC(=O)c1ccccc1. The Balaban J connectivity index is 1.79. The molecule has 2 rings (SSSR count). The highest BCUT2D eigenvalue weighted by Gasteiger charge is 2.04. The number of benzene rings is 1. The number of pyridine rings is 1. The number of aromatic nitrogens is 1. The van der Waals surface area contributed by atoms with E-state index in [1.165, 1.54) is 0 Å². The van der Waals surface area contributed by atoms with Crippen molar-refractivity contribution < 1.29 is 9.53 Å². The molecule has 1 aromatic carbocycles. The fourth-order valence-electron chi connectivity index (χ4n) is 1.70. The molecular weight excluding hydrogens is 252 g/mol. The van der Waals surface area contributed by atoms with Crippen molar-refractivity contribution in [2.24, 2.45) is 0 Å². The molecule has 0 spiro atoms. The fraction of sp³-hybridized carbons (Fsp3) is 0.125. The molecule has 4 nitrogen and oxygen atoms in total. The van der Waals surface area contributed by atoms with Crippen LogP contribution >= 0.6 is 0 Å². The van der Waals surface area contributed by atoms with Crippen molar-refractivity contribution in [3.63, 3.8) is 0 Å². The number of rotatable bonds is 6. The highest BCUT2D eigenvalue weighted by Crippen LogP contribution is 2.15. The molecule has 1 N–H and O–H groups in total. The average molecular weight is 268 g/mol. The van der Waals surface area contributed by atoms with Gasteiger partial charge in [-0.25, -0.2) is 0 Å². The molecule has 1 amide bonds. The van der Waals surface area contributed by atoms with Crippen LogP contribution in [0.3, 0.4) is 0 Å². The molecule has 0 aliphatic carbocycles. The van der Waals surface area contributed by atoms with Crippen LogP contribution in [-0.2, 0) is 0 Å². The van der Waals surface area contributed by atoms with Gasteiger partial charge in [-0.15, -0.1) is 0 Å². The number of amides is 1. The first-order valence-corrected chi connectivity index (χ1v) is 6.35. The van der Waals surface area contributed by atoms with E-state index in [4.69, 9.17) is 4.74 Å². The van der Waals surface area contributed by atoms with E-state index in [-0.39, 0.29) is 5.91 Å². The molecule has 0 fully saturated rings. The summed E-state index contributed by atoms with van der Waals surface area (Å²) in [7, 11) is 0. The lowest BCUT2D eigenvalue weighted by Crippen LogP contribution is -2.28. The molecule has 20 heavy (non-hydrogen) atoms. The van der Waals surface area contributed by atoms with Crippen molar-refractivity contribution in [1.82, 2.24) is 10.3 Å². The van der Waals surface area contributed by atoms with Crippen molar-refractivity contribution >= 4 is 12.0 Å². The Bertz CT molecular complexity index is 582. The lowest BCUT2D eigenvalue weighted by molar-refractivity contribution is 0.0947. The molecule has 0 atom stereocenters. The topological polar surface area (TPSA) is 51.2 Å². The number of nitrogens with one attached hydrogen (secondary N) is 1. The molecule has 0 saturated heterocycles. The Labute approximate surface area is 118 Å². The van der Waals surface area contributed by atoms with Crippen LogP contribution in [0.15, 0.2) is 55.2 Å². The minimum absolute atomic E-state index is 0.107. The molecule has 1 heterocycles. The average Bonchev–Trinajstić information content (AvgIpc) is 2.52. The normalized spacial score (nSPS) is 9.80. The van der Waals surface area contributed by atoms with Crippen LogP contribution in [0.1, 0.15) is 16.1 Å². The van der Waals surface area contributed by atoms with E-state index >= 15 is 0 Å². The van der Waals surface area contributed by atoms with Gasteiger partial charge < -0.3 is 10.1 Å². The second-order valence-corrected chi connectivity index (χ2v) is 4.06. The van der Waals surface area contributed by atoms with E-state index in [2.05, 4.69) is 16.9 Å².